The fourth-order valence-corrected chi connectivity index (χ4v) is 11.4. The highest BCUT2D eigenvalue weighted by Gasteiger charge is 2.46. The summed E-state index contributed by atoms with van der Waals surface area (Å²) >= 11 is 0. The number of hydrogen-bond donors (Lipinski definition) is 6. The molecule has 9 rings (SSSR count). The van der Waals surface area contributed by atoms with Gasteiger partial charge in [-0.1, -0.05) is 63.4 Å². The van der Waals surface area contributed by atoms with Crippen LogP contribution in [0, 0.1) is 24.6 Å². The molecule has 0 bridgehead atoms. The summed E-state index contributed by atoms with van der Waals surface area (Å²) in [7, 11) is 0. The summed E-state index contributed by atoms with van der Waals surface area (Å²) in [4.78, 5) is 136. The van der Waals surface area contributed by atoms with Crippen LogP contribution in [0.4, 0.5) is 4.39 Å². The monoisotopic (exact) mass is 1100 g/mol. The average molecular weight is 1100 g/mol. The summed E-state index contributed by atoms with van der Waals surface area (Å²) < 4.78 is 28.5. The Bertz CT molecular complexity index is 3230. The number of amides is 7. The molecule has 4 aromatic rings. The first-order valence-corrected chi connectivity index (χ1v) is 27.6. The number of ether oxygens (including phenoxy) is 2. The Morgan fingerprint density at radius 2 is 1.61 bits per heavy atom. The van der Waals surface area contributed by atoms with Crippen molar-refractivity contribution in [2.75, 3.05) is 32.9 Å². The lowest BCUT2D eigenvalue weighted by molar-refractivity contribution is -0.172. The molecule has 6 N–H and O–H groups in total. The van der Waals surface area contributed by atoms with Crippen LogP contribution in [-0.2, 0) is 84.2 Å². The van der Waals surface area contributed by atoms with Gasteiger partial charge in [0, 0.05) is 60.7 Å². The molecule has 2 aliphatic carbocycles. The standard InChI is InChI=1S/C58H67FN8O13/c1-4-58(78)39-23-43-53-37(28-67(43)56(76)38(39)29-79-57(58)77)51-35(16-17-36-32(3)40(59)24-41(65-53)52(36)51)22-44(68)45(21-34-14-15-34)80-30-63-48(71)26-62-54(74)42(20-33-11-7-5-8-12-33)64-49(72)27-61-47(70)25-60-46(69)13-9-6-10-18-66-50(73)19-31(2)55(66)75/h5,7-8,11-12,23-24,31,34-35,42,45,78H,4,6,9-10,13-22,25-30H2,1-3H3,(H,60,69)(H,61,70)(H,62,74)(H,63,71)(H,64,72)/t31?,35-,42+,45?,58+/m1/s1. The number of nitrogens with one attached hydrogen (secondary N) is 5. The number of carbonyl (C=O) groups is 9. The van der Waals surface area contributed by atoms with E-state index < -0.39 is 78.4 Å². The van der Waals surface area contributed by atoms with Crippen LogP contribution in [0.25, 0.3) is 22.3 Å². The molecule has 80 heavy (non-hydrogen) atoms. The van der Waals surface area contributed by atoms with Crippen molar-refractivity contribution in [3.8, 4) is 11.4 Å². The molecule has 1 saturated heterocycles. The lowest BCUT2D eigenvalue weighted by Crippen LogP contribution is -2.52. The Hall–Kier alpha value is -7.72. The van der Waals surface area contributed by atoms with E-state index >= 15 is 4.39 Å². The van der Waals surface area contributed by atoms with E-state index in [0.717, 1.165) is 29.4 Å². The summed E-state index contributed by atoms with van der Waals surface area (Å²) in [5.41, 5.74) is 2.39. The minimum Gasteiger partial charge on any atom is -0.458 e. The van der Waals surface area contributed by atoms with Gasteiger partial charge in [-0.15, -0.1) is 0 Å². The van der Waals surface area contributed by atoms with Crippen LogP contribution in [-0.4, -0.2) is 118 Å². The van der Waals surface area contributed by atoms with Crippen LogP contribution < -0.4 is 32.1 Å². The number of unbranched alkanes of at least 4 members (excludes halogenated alkanes) is 2. The number of benzene rings is 2. The van der Waals surface area contributed by atoms with Crippen LogP contribution in [0.15, 0.2) is 47.3 Å². The Morgan fingerprint density at radius 1 is 0.887 bits per heavy atom. The molecule has 424 valence electrons. The van der Waals surface area contributed by atoms with Gasteiger partial charge in [-0.05, 0) is 85.6 Å². The third kappa shape index (κ3) is 12.3. The largest absolute Gasteiger partial charge is 0.458 e. The summed E-state index contributed by atoms with van der Waals surface area (Å²) in [5, 5.41) is 24.9. The van der Waals surface area contributed by atoms with Crippen LogP contribution in [0.3, 0.4) is 0 Å². The molecule has 2 aromatic carbocycles. The highest BCUT2D eigenvalue weighted by atomic mass is 19.1. The number of Topliss-reactive ketones (excluding diaryl/α,β-unsaturated/α-hetero) is 1. The predicted molar refractivity (Wildman–Crippen MR) is 285 cm³/mol. The van der Waals surface area contributed by atoms with Crippen molar-refractivity contribution in [1.82, 2.24) is 41.0 Å². The van der Waals surface area contributed by atoms with E-state index in [-0.39, 0.29) is 104 Å². The zero-order valence-corrected chi connectivity index (χ0v) is 45.1. The van der Waals surface area contributed by atoms with Gasteiger partial charge in [0.05, 0.1) is 48.6 Å². The Labute approximate surface area is 460 Å². The minimum atomic E-state index is -2.04. The van der Waals surface area contributed by atoms with Gasteiger partial charge in [-0.25, -0.2) is 14.2 Å². The predicted octanol–water partition coefficient (Wildman–Crippen LogP) is 2.81. The van der Waals surface area contributed by atoms with Gasteiger partial charge >= 0.3 is 5.97 Å². The van der Waals surface area contributed by atoms with Gasteiger partial charge in [-0.2, -0.15) is 0 Å². The number of aromatic nitrogens is 2. The Kier molecular flexibility index (Phi) is 17.3. The van der Waals surface area contributed by atoms with Crippen LogP contribution >= 0.6 is 0 Å². The number of aryl methyl sites for hydroxylation is 1. The number of halogens is 1. The molecule has 2 unspecified atom stereocenters. The van der Waals surface area contributed by atoms with E-state index in [1.54, 1.807) is 57.2 Å². The maximum absolute atomic E-state index is 15.6. The highest BCUT2D eigenvalue weighted by Crippen LogP contribution is 2.48. The molecular formula is C58H67FN8O13. The maximum atomic E-state index is 15.6. The molecule has 5 heterocycles. The summed E-state index contributed by atoms with van der Waals surface area (Å²) in [6, 6.07) is 10.6. The van der Waals surface area contributed by atoms with E-state index in [4.69, 9.17) is 14.5 Å². The Balaban J connectivity index is 0.779. The highest BCUT2D eigenvalue weighted by molar-refractivity contribution is 6.03. The first-order valence-electron chi connectivity index (χ1n) is 27.6. The number of esters is 1. The van der Waals surface area contributed by atoms with Crippen LogP contribution in [0.1, 0.15) is 129 Å². The van der Waals surface area contributed by atoms with E-state index in [1.807, 2.05) is 0 Å². The van der Waals surface area contributed by atoms with E-state index in [2.05, 4.69) is 26.6 Å². The van der Waals surface area contributed by atoms with Gasteiger partial charge in [-0.3, -0.25) is 48.1 Å². The molecular weight excluding hydrogens is 1040 g/mol. The molecule has 0 spiro atoms. The quantitative estimate of drug-likeness (QED) is 0.0212. The minimum absolute atomic E-state index is 0.0360. The number of fused-ring (bicyclic) bond motifs is 5. The smallest absolute Gasteiger partial charge is 0.343 e. The number of aliphatic hydroxyl groups is 1. The molecule has 5 aliphatic rings. The summed E-state index contributed by atoms with van der Waals surface area (Å²) in [5.74, 6) is -5.37. The van der Waals surface area contributed by atoms with Gasteiger partial charge < -0.3 is 45.7 Å². The molecule has 0 radical (unpaired) electrons. The number of ketones is 1. The van der Waals surface area contributed by atoms with Crippen molar-refractivity contribution >= 4 is 64.0 Å². The molecule has 2 aromatic heterocycles. The average Bonchev–Trinajstić information content (AvgIpc) is 4.22. The third-order valence-corrected chi connectivity index (χ3v) is 16.1. The Morgan fingerprint density at radius 3 is 2.34 bits per heavy atom. The fourth-order valence-electron chi connectivity index (χ4n) is 11.4. The lowest BCUT2D eigenvalue weighted by atomic mass is 9.76. The molecule has 22 heteroatoms. The molecule has 21 nitrogen and oxygen atoms in total. The number of carbonyl (C=O) groups excluding carboxylic acids is 9. The van der Waals surface area contributed by atoms with Crippen LogP contribution in [0.5, 0.6) is 0 Å². The van der Waals surface area contributed by atoms with Crippen molar-refractivity contribution in [2.45, 2.75) is 141 Å². The zero-order chi connectivity index (χ0) is 57.0. The number of imide groups is 1. The number of hydrogen-bond acceptors (Lipinski definition) is 14. The second kappa shape index (κ2) is 24.3. The molecule has 2 fully saturated rings. The third-order valence-electron chi connectivity index (χ3n) is 16.1. The van der Waals surface area contributed by atoms with Crippen molar-refractivity contribution in [3.05, 3.63) is 97.6 Å². The first kappa shape index (κ1) is 57.0. The topological polar surface area (TPSA) is 291 Å². The normalized spacial score (nSPS) is 19.6. The van der Waals surface area contributed by atoms with Gasteiger partial charge in [0.15, 0.2) is 11.4 Å². The molecule has 7 amide bonds. The van der Waals surface area contributed by atoms with Crippen molar-refractivity contribution in [1.29, 1.82) is 0 Å². The van der Waals surface area contributed by atoms with E-state index in [9.17, 15) is 53.1 Å². The number of cyclic esters (lactones) is 1. The zero-order valence-electron chi connectivity index (χ0n) is 45.1. The summed E-state index contributed by atoms with van der Waals surface area (Å²) in [6.45, 7) is 3.38. The fraction of sp³-hybridized carbons (Fsp3) is 0.500. The summed E-state index contributed by atoms with van der Waals surface area (Å²) in [6.07, 6.45) is 4.31. The number of rotatable bonds is 25. The van der Waals surface area contributed by atoms with Crippen molar-refractivity contribution < 1.29 is 62.1 Å². The van der Waals surface area contributed by atoms with Gasteiger partial charge in [0.2, 0.25) is 41.4 Å². The lowest BCUT2D eigenvalue weighted by Gasteiger charge is -2.31. The number of pyridine rings is 2. The number of nitrogens with zero attached hydrogens (tertiary/aromatic N) is 3. The first-order chi connectivity index (χ1) is 38.3. The molecule has 1 saturated carbocycles. The van der Waals surface area contributed by atoms with Crippen molar-refractivity contribution in [3.63, 3.8) is 0 Å². The van der Waals surface area contributed by atoms with E-state index in [0.29, 0.717) is 78.7 Å². The van der Waals surface area contributed by atoms with Gasteiger partial charge in [0.1, 0.15) is 31.3 Å². The van der Waals surface area contributed by atoms with Crippen LogP contribution in [0.2, 0.25) is 0 Å². The van der Waals surface area contributed by atoms with Crippen molar-refractivity contribution in [2.24, 2.45) is 11.8 Å². The number of likely N-dealkylation sites (tertiary alicyclic amines) is 1. The van der Waals surface area contributed by atoms with Gasteiger partial charge in [0.25, 0.3) is 5.56 Å². The van der Waals surface area contributed by atoms with E-state index in [1.165, 1.54) is 15.5 Å². The molecule has 5 atom stereocenters. The SMILES string of the molecule is CC[C@@]1(O)C(=O)OCc2c1cc1n(c2=O)Cc2c-1nc1cc(F)c(C)c3c1c2[C@@H](CC(=O)C(CC1CC1)OCNC(=O)CNC(=O)[C@H](Cc1ccccc1)NC(=O)CNC(=O)CNC(=O)CCCCCN1C(=O)CC(C)C1=O)CC3. The second-order valence-corrected chi connectivity index (χ2v) is 21.7. The molecule has 3 aliphatic heterocycles. The maximum Gasteiger partial charge on any atom is 0.343 e. The second-order valence-electron chi connectivity index (χ2n) is 21.7.